The van der Waals surface area contributed by atoms with Crippen molar-refractivity contribution in [3.05, 3.63) is 29.6 Å². The number of para-hydroxylation sites is 1. The van der Waals surface area contributed by atoms with Gasteiger partial charge >= 0.3 is 0 Å². The van der Waals surface area contributed by atoms with Crippen molar-refractivity contribution in [2.45, 2.75) is 19.4 Å². The van der Waals surface area contributed by atoms with Gasteiger partial charge in [0.25, 0.3) is 5.91 Å². The molecule has 0 aromatic heterocycles. The standard InChI is InChI=1S/C11H15FN2O2/c1-11(2,6-15)14-10(16)7-4-3-5-8(12)9(7)13/h3-5,15H,6,13H2,1-2H3,(H,14,16). The Morgan fingerprint density at radius 2 is 2.19 bits per heavy atom. The number of rotatable bonds is 3. The van der Waals surface area contributed by atoms with Crippen LogP contribution in [0.5, 0.6) is 0 Å². The Labute approximate surface area is 93.3 Å². The number of hydrogen-bond acceptors (Lipinski definition) is 3. The number of aliphatic hydroxyl groups excluding tert-OH is 1. The van der Waals surface area contributed by atoms with Gasteiger partial charge in [-0.25, -0.2) is 4.39 Å². The first-order chi connectivity index (χ1) is 7.37. The molecule has 0 saturated carbocycles. The summed E-state index contributed by atoms with van der Waals surface area (Å²) in [7, 11) is 0. The third kappa shape index (κ3) is 2.70. The van der Waals surface area contributed by atoms with Crippen LogP contribution in [0.1, 0.15) is 24.2 Å². The lowest BCUT2D eigenvalue weighted by atomic mass is 10.1. The number of benzene rings is 1. The average Bonchev–Trinajstić information content (AvgIpc) is 2.21. The SMILES string of the molecule is CC(C)(CO)NC(=O)c1cccc(F)c1N. The molecular weight excluding hydrogens is 211 g/mol. The van der Waals surface area contributed by atoms with Crippen LogP contribution >= 0.6 is 0 Å². The number of nitrogen functional groups attached to an aromatic ring is 1. The van der Waals surface area contributed by atoms with E-state index in [9.17, 15) is 9.18 Å². The van der Waals surface area contributed by atoms with Crippen molar-refractivity contribution in [2.24, 2.45) is 0 Å². The van der Waals surface area contributed by atoms with E-state index in [0.717, 1.165) is 0 Å². The normalized spacial score (nSPS) is 11.2. The van der Waals surface area contributed by atoms with Crippen molar-refractivity contribution < 1.29 is 14.3 Å². The van der Waals surface area contributed by atoms with E-state index < -0.39 is 17.3 Å². The second-order valence-electron chi connectivity index (χ2n) is 4.20. The molecule has 4 N–H and O–H groups in total. The zero-order valence-electron chi connectivity index (χ0n) is 9.25. The number of aliphatic hydroxyl groups is 1. The smallest absolute Gasteiger partial charge is 0.253 e. The molecule has 1 aromatic carbocycles. The van der Waals surface area contributed by atoms with Gasteiger partial charge in [-0.15, -0.1) is 0 Å². The number of amides is 1. The number of nitrogens with two attached hydrogens (primary N) is 1. The molecule has 5 heteroatoms. The van der Waals surface area contributed by atoms with Crippen molar-refractivity contribution in [1.29, 1.82) is 0 Å². The Hall–Kier alpha value is -1.62. The second-order valence-corrected chi connectivity index (χ2v) is 4.20. The quantitative estimate of drug-likeness (QED) is 0.670. The van der Waals surface area contributed by atoms with Crippen LogP contribution < -0.4 is 11.1 Å². The van der Waals surface area contributed by atoms with E-state index in [0.29, 0.717) is 0 Å². The predicted molar refractivity (Wildman–Crippen MR) is 59.4 cm³/mol. The minimum atomic E-state index is -0.768. The first kappa shape index (κ1) is 12.4. The Morgan fingerprint density at radius 1 is 1.56 bits per heavy atom. The molecule has 0 radical (unpaired) electrons. The maximum Gasteiger partial charge on any atom is 0.253 e. The highest BCUT2D eigenvalue weighted by Gasteiger charge is 2.21. The van der Waals surface area contributed by atoms with Gasteiger partial charge in [0.2, 0.25) is 0 Å². The van der Waals surface area contributed by atoms with Gasteiger partial charge in [0.1, 0.15) is 5.82 Å². The number of hydrogen-bond donors (Lipinski definition) is 3. The van der Waals surface area contributed by atoms with E-state index in [1.807, 2.05) is 0 Å². The number of halogens is 1. The maximum absolute atomic E-state index is 13.1. The number of carbonyl (C=O) groups is 1. The second kappa shape index (κ2) is 4.49. The summed E-state index contributed by atoms with van der Waals surface area (Å²) in [4.78, 5) is 11.7. The summed E-state index contributed by atoms with van der Waals surface area (Å²) < 4.78 is 13.1. The molecule has 16 heavy (non-hydrogen) atoms. The highest BCUT2D eigenvalue weighted by Crippen LogP contribution is 2.16. The molecular formula is C11H15FN2O2. The van der Waals surface area contributed by atoms with Gasteiger partial charge < -0.3 is 16.2 Å². The summed E-state index contributed by atoms with van der Waals surface area (Å²) in [6.07, 6.45) is 0. The van der Waals surface area contributed by atoms with Crippen molar-refractivity contribution in [1.82, 2.24) is 5.32 Å². The highest BCUT2D eigenvalue weighted by molar-refractivity contribution is 5.99. The minimum Gasteiger partial charge on any atom is -0.396 e. The Balaban J connectivity index is 2.94. The summed E-state index contributed by atoms with van der Waals surface area (Å²) in [5, 5.41) is 11.5. The summed E-state index contributed by atoms with van der Waals surface area (Å²) in [5.41, 5.74) is 4.56. The van der Waals surface area contributed by atoms with Crippen molar-refractivity contribution in [3.8, 4) is 0 Å². The summed E-state index contributed by atoms with van der Waals surface area (Å²) in [5.74, 6) is -1.13. The molecule has 4 nitrogen and oxygen atoms in total. The average molecular weight is 226 g/mol. The van der Waals surface area contributed by atoms with E-state index in [-0.39, 0.29) is 17.9 Å². The maximum atomic E-state index is 13.1. The molecule has 88 valence electrons. The van der Waals surface area contributed by atoms with Gasteiger partial charge in [-0.2, -0.15) is 0 Å². The fourth-order valence-corrected chi connectivity index (χ4v) is 1.15. The molecule has 0 atom stereocenters. The Bertz CT molecular complexity index is 405. The molecule has 0 aliphatic carbocycles. The number of nitrogens with one attached hydrogen (secondary N) is 1. The largest absolute Gasteiger partial charge is 0.396 e. The summed E-state index contributed by atoms with van der Waals surface area (Å²) in [6.45, 7) is 3.09. The lowest BCUT2D eigenvalue weighted by Gasteiger charge is -2.23. The molecule has 0 heterocycles. The summed E-state index contributed by atoms with van der Waals surface area (Å²) in [6, 6.07) is 4.02. The Morgan fingerprint density at radius 3 is 2.75 bits per heavy atom. The molecule has 1 aromatic rings. The third-order valence-electron chi connectivity index (χ3n) is 2.14. The van der Waals surface area contributed by atoms with E-state index in [4.69, 9.17) is 10.8 Å². The van der Waals surface area contributed by atoms with Crippen LogP contribution in [0.3, 0.4) is 0 Å². The molecule has 1 rings (SSSR count). The fraction of sp³-hybridized carbons (Fsp3) is 0.364. The van der Waals surface area contributed by atoms with Crippen LogP contribution in [0, 0.1) is 5.82 Å². The van der Waals surface area contributed by atoms with Crippen molar-refractivity contribution in [2.75, 3.05) is 12.3 Å². The molecule has 0 unspecified atom stereocenters. The molecule has 0 aliphatic rings. The van der Waals surface area contributed by atoms with Crippen molar-refractivity contribution in [3.63, 3.8) is 0 Å². The molecule has 0 aliphatic heterocycles. The van der Waals surface area contributed by atoms with Crippen LogP contribution in [-0.2, 0) is 0 Å². The molecule has 0 spiro atoms. The lowest BCUT2D eigenvalue weighted by Crippen LogP contribution is -2.46. The van der Waals surface area contributed by atoms with Gasteiger partial charge in [0, 0.05) is 0 Å². The van der Waals surface area contributed by atoms with Crippen LogP contribution in [0.15, 0.2) is 18.2 Å². The predicted octanol–water partition coefficient (Wildman–Crippen LogP) is 0.909. The minimum absolute atomic E-state index is 0.0709. The third-order valence-corrected chi connectivity index (χ3v) is 2.14. The van der Waals surface area contributed by atoms with E-state index in [1.54, 1.807) is 13.8 Å². The zero-order valence-corrected chi connectivity index (χ0v) is 9.25. The topological polar surface area (TPSA) is 75.3 Å². The van der Waals surface area contributed by atoms with Gasteiger partial charge in [-0.05, 0) is 26.0 Å². The fourth-order valence-electron chi connectivity index (χ4n) is 1.15. The lowest BCUT2D eigenvalue weighted by molar-refractivity contribution is 0.0870. The van der Waals surface area contributed by atoms with Crippen LogP contribution in [0.25, 0.3) is 0 Å². The zero-order chi connectivity index (χ0) is 12.3. The van der Waals surface area contributed by atoms with Gasteiger partial charge in [0.15, 0.2) is 0 Å². The van der Waals surface area contributed by atoms with Crippen molar-refractivity contribution >= 4 is 11.6 Å². The Kier molecular flexibility index (Phi) is 3.49. The van der Waals surface area contributed by atoms with E-state index in [2.05, 4.69) is 5.32 Å². The number of anilines is 1. The van der Waals surface area contributed by atoms with Crippen LogP contribution in [-0.4, -0.2) is 23.2 Å². The van der Waals surface area contributed by atoms with Gasteiger partial charge in [-0.3, -0.25) is 4.79 Å². The molecule has 0 fully saturated rings. The monoisotopic (exact) mass is 226 g/mol. The molecule has 1 amide bonds. The highest BCUT2D eigenvalue weighted by atomic mass is 19.1. The summed E-state index contributed by atoms with van der Waals surface area (Å²) >= 11 is 0. The molecule has 0 saturated heterocycles. The molecule has 0 bridgehead atoms. The first-order valence-corrected chi connectivity index (χ1v) is 4.85. The van der Waals surface area contributed by atoms with Crippen LogP contribution in [0.4, 0.5) is 10.1 Å². The van der Waals surface area contributed by atoms with E-state index >= 15 is 0 Å². The van der Waals surface area contributed by atoms with E-state index in [1.165, 1.54) is 18.2 Å². The number of carbonyl (C=O) groups excluding carboxylic acids is 1. The van der Waals surface area contributed by atoms with Gasteiger partial charge in [-0.1, -0.05) is 6.07 Å². The van der Waals surface area contributed by atoms with Crippen LogP contribution in [0.2, 0.25) is 0 Å². The first-order valence-electron chi connectivity index (χ1n) is 4.85. The van der Waals surface area contributed by atoms with Gasteiger partial charge in [0.05, 0.1) is 23.4 Å².